The van der Waals surface area contributed by atoms with E-state index in [2.05, 4.69) is 21.6 Å². The number of nitrogens with two attached hydrogens (primary N) is 4. The van der Waals surface area contributed by atoms with E-state index in [0.717, 1.165) is 12.8 Å². The van der Waals surface area contributed by atoms with Crippen LogP contribution in [0.3, 0.4) is 0 Å². The van der Waals surface area contributed by atoms with E-state index >= 15 is 4.39 Å². The highest BCUT2D eigenvalue weighted by atomic mass is 19.1. The zero-order valence-electron chi connectivity index (χ0n) is 22.9. The number of halogens is 1. The molecule has 1 aromatic carbocycles. The van der Waals surface area contributed by atoms with Crippen LogP contribution >= 0.6 is 0 Å². The Kier molecular flexibility index (Phi) is 11.1. The summed E-state index contributed by atoms with van der Waals surface area (Å²) in [6.07, 6.45) is 18.4. The zero-order valence-corrected chi connectivity index (χ0v) is 22.9. The lowest BCUT2D eigenvalue weighted by molar-refractivity contribution is -0.118. The van der Waals surface area contributed by atoms with E-state index in [0.29, 0.717) is 44.8 Å². The third kappa shape index (κ3) is 8.27. The number of terminal acetylenes is 1. The minimum atomic E-state index is -0.606. The van der Waals surface area contributed by atoms with E-state index in [-0.39, 0.29) is 24.1 Å². The molecule has 0 radical (unpaired) electrons. The van der Waals surface area contributed by atoms with E-state index in [1.54, 1.807) is 49.5 Å². The van der Waals surface area contributed by atoms with Gasteiger partial charge in [0, 0.05) is 41.4 Å². The molecule has 8 N–H and O–H groups in total. The number of aromatic nitrogens is 1. The quantitative estimate of drug-likeness (QED) is 0.172. The number of pyridine rings is 1. The van der Waals surface area contributed by atoms with Crippen molar-refractivity contribution >= 4 is 24.2 Å². The largest absolute Gasteiger partial charge is 0.405 e. The number of amides is 2. The lowest BCUT2D eigenvalue weighted by Gasteiger charge is -2.18. The number of allylic oxidation sites excluding steroid dienone is 5. The summed E-state index contributed by atoms with van der Waals surface area (Å²) in [6.45, 7) is 5.54. The number of primary amides is 1. The molecular weight excluding hydrogens is 507 g/mol. The van der Waals surface area contributed by atoms with E-state index in [1.165, 1.54) is 24.7 Å². The number of aliphatic imine (C=N–C) groups is 1. The Labute approximate surface area is 234 Å². The fraction of sp³-hybridized carbons (Fsp3) is 0.226. The highest BCUT2D eigenvalue weighted by Crippen LogP contribution is 2.32. The first kappa shape index (κ1) is 31.2. The molecule has 2 amide bonds. The Morgan fingerprint density at radius 1 is 1.20 bits per heavy atom. The van der Waals surface area contributed by atoms with Crippen molar-refractivity contribution in [3.05, 3.63) is 94.9 Å². The maximum atomic E-state index is 15.1. The van der Waals surface area contributed by atoms with Crippen LogP contribution in [0.1, 0.15) is 43.5 Å². The van der Waals surface area contributed by atoms with Gasteiger partial charge >= 0.3 is 0 Å². The molecular formula is C31H35FN6O2. The van der Waals surface area contributed by atoms with Crippen molar-refractivity contribution in [2.24, 2.45) is 33.8 Å². The first-order valence-electron chi connectivity index (χ1n) is 12.5. The second-order valence-electron chi connectivity index (χ2n) is 9.58. The summed E-state index contributed by atoms with van der Waals surface area (Å²) in [7, 11) is 0. The Balaban J connectivity index is 0.00000178. The van der Waals surface area contributed by atoms with Gasteiger partial charge in [0.25, 0.3) is 0 Å². The summed E-state index contributed by atoms with van der Waals surface area (Å²) in [6, 6.07) is 6.66. The van der Waals surface area contributed by atoms with Crippen LogP contribution in [0.15, 0.2) is 77.2 Å². The zero-order chi connectivity index (χ0) is 29.9. The predicted octanol–water partition coefficient (Wildman–Crippen LogP) is 3.76. The van der Waals surface area contributed by atoms with Crippen molar-refractivity contribution in [2.45, 2.75) is 39.0 Å². The molecule has 0 unspecified atom stereocenters. The fourth-order valence-electron chi connectivity index (χ4n) is 3.67. The number of nitrogens with zero attached hydrogens (tertiary/aromatic N) is 2. The van der Waals surface area contributed by atoms with Crippen LogP contribution in [0.25, 0.3) is 16.8 Å². The SMILES string of the molecule is C#CC(C)(C)c1cc(-c2cc(/C(N)=C/C(=C\N)C(/C=C/N)=C/C=NC(=O)C3CC3)c(C)cc2F)ccn1.NC=O. The average molecular weight is 543 g/mol. The smallest absolute Gasteiger partial charge is 0.248 e. The summed E-state index contributed by atoms with van der Waals surface area (Å²) in [5.74, 6) is 2.22. The van der Waals surface area contributed by atoms with Crippen molar-refractivity contribution in [1.29, 1.82) is 0 Å². The number of benzene rings is 1. The van der Waals surface area contributed by atoms with Crippen molar-refractivity contribution in [1.82, 2.24) is 4.98 Å². The van der Waals surface area contributed by atoms with Crippen LogP contribution in [0.2, 0.25) is 0 Å². The first-order chi connectivity index (χ1) is 19.0. The summed E-state index contributed by atoms with van der Waals surface area (Å²) in [5, 5.41) is 0. The molecule has 1 aliphatic carbocycles. The Morgan fingerprint density at radius 2 is 1.88 bits per heavy atom. The van der Waals surface area contributed by atoms with Gasteiger partial charge in [0.2, 0.25) is 12.3 Å². The molecule has 0 spiro atoms. The van der Waals surface area contributed by atoms with E-state index in [9.17, 15) is 4.79 Å². The second kappa shape index (κ2) is 14.3. The molecule has 0 saturated heterocycles. The Hall–Kier alpha value is -4.97. The average Bonchev–Trinajstić information content (AvgIpc) is 3.77. The van der Waals surface area contributed by atoms with Gasteiger partial charge in [0.1, 0.15) is 5.82 Å². The number of carbonyl (C=O) groups is 2. The molecule has 1 heterocycles. The third-order valence-corrected chi connectivity index (χ3v) is 6.18. The van der Waals surface area contributed by atoms with E-state index in [1.807, 2.05) is 13.8 Å². The standard InChI is InChI=1S/C30H32FN5O.CH3NO/c1-5-30(3,4)28-16-22(10-12-35-28)25-17-24(19(2)14-26(25)31)27(34)15-23(18-33)20(8-11-32)9-13-36-29(37)21-6-7-21;2-1-3/h1,8-18,21H,6-7,32-34H2,2-4H3;1H,(H2,2,3)/b11-8+,20-9+,23-18+,27-15-,36-13?;. The third-order valence-electron chi connectivity index (χ3n) is 6.18. The molecule has 0 bridgehead atoms. The molecule has 2 aromatic rings. The minimum absolute atomic E-state index is 0.0305. The van der Waals surface area contributed by atoms with Crippen LogP contribution in [0.5, 0.6) is 0 Å². The molecule has 8 nitrogen and oxygen atoms in total. The van der Waals surface area contributed by atoms with Gasteiger partial charge in [0.05, 0.1) is 11.1 Å². The molecule has 1 aromatic heterocycles. The van der Waals surface area contributed by atoms with Crippen molar-refractivity contribution in [3.8, 4) is 23.5 Å². The first-order valence-corrected chi connectivity index (χ1v) is 12.5. The van der Waals surface area contributed by atoms with Crippen LogP contribution in [-0.4, -0.2) is 23.5 Å². The number of carbonyl (C=O) groups excluding carboxylic acids is 2. The number of rotatable bonds is 8. The van der Waals surface area contributed by atoms with Gasteiger partial charge in [-0.2, -0.15) is 0 Å². The van der Waals surface area contributed by atoms with E-state index in [4.69, 9.17) is 28.4 Å². The monoisotopic (exact) mass is 542 g/mol. The second-order valence-corrected chi connectivity index (χ2v) is 9.58. The molecule has 1 saturated carbocycles. The number of hydrogen-bond acceptors (Lipinski definition) is 6. The maximum Gasteiger partial charge on any atom is 0.248 e. The minimum Gasteiger partial charge on any atom is -0.405 e. The van der Waals surface area contributed by atoms with Gasteiger partial charge in [-0.15, -0.1) is 6.42 Å². The normalized spacial score (nSPS) is 14.5. The molecule has 0 atom stereocenters. The van der Waals surface area contributed by atoms with Crippen LogP contribution in [0.4, 0.5) is 4.39 Å². The van der Waals surface area contributed by atoms with Crippen LogP contribution < -0.4 is 22.9 Å². The highest BCUT2D eigenvalue weighted by Gasteiger charge is 2.28. The summed E-state index contributed by atoms with van der Waals surface area (Å²) in [4.78, 5) is 28.8. The van der Waals surface area contributed by atoms with Gasteiger partial charge in [0.15, 0.2) is 0 Å². The van der Waals surface area contributed by atoms with Crippen molar-refractivity contribution < 1.29 is 14.0 Å². The van der Waals surface area contributed by atoms with Crippen LogP contribution in [0, 0.1) is 31.0 Å². The molecule has 9 heteroatoms. The van der Waals surface area contributed by atoms with E-state index < -0.39 is 5.41 Å². The van der Waals surface area contributed by atoms with Gasteiger partial charge in [-0.25, -0.2) is 9.38 Å². The van der Waals surface area contributed by atoms with Gasteiger partial charge in [-0.1, -0.05) is 5.92 Å². The van der Waals surface area contributed by atoms with Crippen LogP contribution in [-0.2, 0) is 15.0 Å². The molecule has 1 aliphatic rings. The Bertz CT molecular complexity index is 1440. The van der Waals surface area contributed by atoms with Gasteiger partial charge in [-0.3, -0.25) is 14.6 Å². The molecule has 0 aliphatic heterocycles. The molecule has 40 heavy (non-hydrogen) atoms. The summed E-state index contributed by atoms with van der Waals surface area (Å²) >= 11 is 0. The lowest BCUT2D eigenvalue weighted by Crippen LogP contribution is -2.15. The van der Waals surface area contributed by atoms with Gasteiger partial charge < -0.3 is 22.9 Å². The number of hydrogen-bond donors (Lipinski definition) is 4. The summed E-state index contributed by atoms with van der Waals surface area (Å²) in [5.41, 5.74) is 26.1. The van der Waals surface area contributed by atoms with Crippen molar-refractivity contribution in [3.63, 3.8) is 0 Å². The molecule has 1 fully saturated rings. The topological polar surface area (TPSA) is 163 Å². The fourth-order valence-corrected chi connectivity index (χ4v) is 3.67. The molecule has 208 valence electrons. The predicted molar refractivity (Wildman–Crippen MR) is 159 cm³/mol. The summed E-state index contributed by atoms with van der Waals surface area (Å²) < 4.78 is 15.1. The lowest BCUT2D eigenvalue weighted by atomic mass is 9.88. The molecule has 3 rings (SSSR count). The maximum absolute atomic E-state index is 15.1. The van der Waals surface area contributed by atoms with Gasteiger partial charge in [-0.05, 0) is 105 Å². The number of aryl methyl sites for hydroxylation is 1. The highest BCUT2D eigenvalue weighted by molar-refractivity contribution is 5.92. The Morgan fingerprint density at radius 3 is 2.45 bits per heavy atom. The van der Waals surface area contributed by atoms with Crippen molar-refractivity contribution in [2.75, 3.05) is 0 Å².